The van der Waals surface area contributed by atoms with E-state index in [0.29, 0.717) is 22.4 Å². The number of rotatable bonds is 8. The van der Waals surface area contributed by atoms with Gasteiger partial charge in [-0.25, -0.2) is 8.78 Å². The van der Waals surface area contributed by atoms with E-state index >= 15 is 4.39 Å². The fraction of sp³-hybridized carbons (Fsp3) is 0.167. The third kappa shape index (κ3) is 6.47. The lowest BCUT2D eigenvalue weighted by Gasteiger charge is -2.18. The van der Waals surface area contributed by atoms with Crippen LogP contribution in [0.15, 0.2) is 66.9 Å². The molecule has 39 heavy (non-hydrogen) atoms. The van der Waals surface area contributed by atoms with Crippen LogP contribution in [0.1, 0.15) is 55.6 Å². The molecule has 4 rings (SSSR count). The van der Waals surface area contributed by atoms with Crippen molar-refractivity contribution in [3.63, 3.8) is 0 Å². The second-order valence-corrected chi connectivity index (χ2v) is 9.10. The zero-order valence-corrected chi connectivity index (χ0v) is 22.4. The molecule has 9 heteroatoms. The van der Waals surface area contributed by atoms with Gasteiger partial charge in [-0.2, -0.15) is 0 Å². The van der Waals surface area contributed by atoms with E-state index in [1.54, 1.807) is 48.5 Å². The average Bonchev–Trinajstić information content (AvgIpc) is 3.37. The molecule has 0 saturated carbocycles. The third-order valence-electron chi connectivity index (χ3n) is 6.15. The molecule has 1 amide bonds. The first-order chi connectivity index (χ1) is 18.7. The van der Waals surface area contributed by atoms with Crippen LogP contribution in [0.25, 0.3) is 11.1 Å². The SMILES string of the molecule is CN.Cc1ccc(C(=O)c2[nH]cc(C(=O)NC(CC=O)c3cccc(Cl)c3)c2-c2c(F)ccc(F)c2C)cc1. The smallest absolute Gasteiger partial charge is 0.253 e. The Bertz CT molecular complexity index is 1500. The number of nitrogens with two attached hydrogens (primary N) is 1. The summed E-state index contributed by atoms with van der Waals surface area (Å²) in [6.07, 6.45) is 1.90. The Morgan fingerprint density at radius 3 is 2.31 bits per heavy atom. The number of halogens is 3. The number of amides is 1. The molecule has 0 radical (unpaired) electrons. The highest BCUT2D eigenvalue weighted by atomic mass is 35.5. The summed E-state index contributed by atoms with van der Waals surface area (Å²) in [5, 5.41) is 3.19. The number of H-pyrrole nitrogens is 1. The zero-order valence-electron chi connectivity index (χ0n) is 21.6. The number of ketones is 1. The lowest BCUT2D eigenvalue weighted by Crippen LogP contribution is -2.29. The van der Waals surface area contributed by atoms with E-state index in [1.807, 2.05) is 6.92 Å². The summed E-state index contributed by atoms with van der Waals surface area (Å²) in [7, 11) is 1.50. The van der Waals surface area contributed by atoms with Crippen molar-refractivity contribution in [2.45, 2.75) is 26.3 Å². The average molecular weight is 552 g/mol. The summed E-state index contributed by atoms with van der Waals surface area (Å²) in [6.45, 7) is 3.25. The number of carbonyl (C=O) groups is 3. The molecule has 202 valence electrons. The van der Waals surface area contributed by atoms with E-state index < -0.39 is 29.4 Å². The van der Waals surface area contributed by atoms with Gasteiger partial charge in [0, 0.05) is 34.3 Å². The Hall–Kier alpha value is -4.14. The molecule has 4 aromatic rings. The number of hydrogen-bond donors (Lipinski definition) is 3. The predicted molar refractivity (Wildman–Crippen MR) is 148 cm³/mol. The van der Waals surface area contributed by atoms with E-state index in [4.69, 9.17) is 11.6 Å². The van der Waals surface area contributed by atoms with Crippen LogP contribution in [-0.2, 0) is 4.79 Å². The van der Waals surface area contributed by atoms with Crippen molar-refractivity contribution < 1.29 is 23.2 Å². The number of nitrogens with one attached hydrogen (secondary N) is 2. The minimum atomic E-state index is -0.787. The Morgan fingerprint density at radius 2 is 1.67 bits per heavy atom. The van der Waals surface area contributed by atoms with Gasteiger partial charge >= 0.3 is 0 Å². The molecule has 6 nitrogen and oxygen atoms in total. The van der Waals surface area contributed by atoms with E-state index in [2.05, 4.69) is 16.0 Å². The first kappa shape index (κ1) is 29.4. The van der Waals surface area contributed by atoms with Gasteiger partial charge < -0.3 is 20.8 Å². The topological polar surface area (TPSA) is 105 Å². The van der Waals surface area contributed by atoms with Crippen molar-refractivity contribution in [3.8, 4) is 11.1 Å². The fourth-order valence-corrected chi connectivity index (χ4v) is 4.38. The minimum Gasteiger partial charge on any atom is -0.357 e. The van der Waals surface area contributed by atoms with Crippen LogP contribution in [0.4, 0.5) is 8.78 Å². The maximum Gasteiger partial charge on any atom is 0.253 e. The molecule has 1 heterocycles. The molecule has 3 aromatic carbocycles. The Morgan fingerprint density at radius 1 is 1.00 bits per heavy atom. The largest absolute Gasteiger partial charge is 0.357 e. The Balaban J connectivity index is 0.00000205. The van der Waals surface area contributed by atoms with Gasteiger partial charge in [-0.15, -0.1) is 0 Å². The molecule has 0 aliphatic heterocycles. The van der Waals surface area contributed by atoms with Gasteiger partial charge in [0.1, 0.15) is 17.9 Å². The van der Waals surface area contributed by atoms with Crippen LogP contribution >= 0.6 is 11.6 Å². The summed E-state index contributed by atoms with van der Waals surface area (Å²) < 4.78 is 29.7. The summed E-state index contributed by atoms with van der Waals surface area (Å²) in [6, 6.07) is 14.6. The molecular formula is C30H28ClF2N3O3. The third-order valence-corrected chi connectivity index (χ3v) is 6.39. The number of hydrogen-bond acceptors (Lipinski definition) is 4. The summed E-state index contributed by atoms with van der Waals surface area (Å²) in [5.74, 6) is -2.64. The van der Waals surface area contributed by atoms with Crippen molar-refractivity contribution in [1.82, 2.24) is 10.3 Å². The van der Waals surface area contributed by atoms with Crippen molar-refractivity contribution in [3.05, 3.63) is 117 Å². The van der Waals surface area contributed by atoms with Crippen LogP contribution in [0.5, 0.6) is 0 Å². The summed E-state index contributed by atoms with van der Waals surface area (Å²) in [5.41, 5.74) is 5.91. The monoisotopic (exact) mass is 551 g/mol. The maximum atomic E-state index is 15.1. The highest BCUT2D eigenvalue weighted by molar-refractivity contribution is 6.30. The molecule has 0 saturated heterocycles. The molecular weight excluding hydrogens is 524 g/mol. The first-order valence-corrected chi connectivity index (χ1v) is 12.4. The Labute approximate surface area is 230 Å². The molecule has 0 bridgehead atoms. The zero-order chi connectivity index (χ0) is 28.7. The quantitative estimate of drug-likeness (QED) is 0.182. The first-order valence-electron chi connectivity index (χ1n) is 12.1. The standard InChI is InChI=1S/C29H23ClF2N2O3.CH5N/c1-16-6-8-18(9-7-16)28(36)27-26(25-17(2)22(31)10-11-23(25)32)21(15-33-27)29(37)34-24(12-13-35)19-4-3-5-20(30)14-19;1-2/h3-11,13-15,24,33H,12H2,1-2H3,(H,34,37);2H2,1H3. The number of aromatic amines is 1. The van der Waals surface area contributed by atoms with Crippen LogP contribution in [-0.4, -0.2) is 30.0 Å². The summed E-state index contributed by atoms with van der Waals surface area (Å²) >= 11 is 6.08. The van der Waals surface area contributed by atoms with E-state index in [0.717, 1.165) is 17.7 Å². The number of carbonyl (C=O) groups excluding carboxylic acids is 3. The highest BCUT2D eigenvalue weighted by Gasteiger charge is 2.29. The number of aldehydes is 1. The molecule has 0 fully saturated rings. The summed E-state index contributed by atoms with van der Waals surface area (Å²) in [4.78, 5) is 41.1. The van der Waals surface area contributed by atoms with Crippen LogP contribution in [0.3, 0.4) is 0 Å². The number of benzene rings is 3. The van der Waals surface area contributed by atoms with Gasteiger partial charge in [0.25, 0.3) is 5.91 Å². The molecule has 0 aliphatic carbocycles. The lowest BCUT2D eigenvalue weighted by atomic mass is 9.92. The van der Waals surface area contributed by atoms with Crippen molar-refractivity contribution in [2.75, 3.05) is 7.05 Å². The molecule has 1 atom stereocenters. The van der Waals surface area contributed by atoms with Crippen LogP contribution in [0, 0.1) is 25.5 Å². The molecule has 4 N–H and O–H groups in total. The van der Waals surface area contributed by atoms with Crippen molar-refractivity contribution in [1.29, 1.82) is 0 Å². The van der Waals surface area contributed by atoms with Gasteiger partial charge in [0.2, 0.25) is 5.78 Å². The van der Waals surface area contributed by atoms with E-state index in [1.165, 1.54) is 20.2 Å². The van der Waals surface area contributed by atoms with Gasteiger partial charge in [0.15, 0.2) is 0 Å². The fourth-order valence-electron chi connectivity index (χ4n) is 4.18. The second kappa shape index (κ2) is 13.1. The van der Waals surface area contributed by atoms with Crippen molar-refractivity contribution in [2.24, 2.45) is 5.73 Å². The minimum absolute atomic E-state index is 0.0473. The molecule has 1 unspecified atom stereocenters. The molecule has 0 aliphatic rings. The Kier molecular flexibility index (Phi) is 9.87. The molecule has 0 spiro atoms. The van der Waals surface area contributed by atoms with Gasteiger partial charge in [-0.3, -0.25) is 9.59 Å². The highest BCUT2D eigenvalue weighted by Crippen LogP contribution is 2.35. The van der Waals surface area contributed by atoms with E-state index in [9.17, 15) is 18.8 Å². The number of aromatic nitrogens is 1. The lowest BCUT2D eigenvalue weighted by molar-refractivity contribution is -0.108. The van der Waals surface area contributed by atoms with Gasteiger partial charge in [-0.05, 0) is 56.3 Å². The van der Waals surface area contributed by atoms with Crippen LogP contribution < -0.4 is 11.1 Å². The van der Waals surface area contributed by atoms with Gasteiger partial charge in [-0.1, -0.05) is 53.6 Å². The molecule has 1 aromatic heterocycles. The normalized spacial score (nSPS) is 11.3. The van der Waals surface area contributed by atoms with Gasteiger partial charge in [0.05, 0.1) is 17.3 Å². The second-order valence-electron chi connectivity index (χ2n) is 8.66. The number of aryl methyl sites for hydroxylation is 1. The maximum absolute atomic E-state index is 15.1. The van der Waals surface area contributed by atoms with Crippen molar-refractivity contribution >= 4 is 29.6 Å². The van der Waals surface area contributed by atoms with Crippen LogP contribution in [0.2, 0.25) is 5.02 Å². The predicted octanol–water partition coefficient (Wildman–Crippen LogP) is 6.10. The van der Waals surface area contributed by atoms with E-state index in [-0.39, 0.29) is 34.4 Å².